The molecule has 2 aliphatic rings. The van der Waals surface area contributed by atoms with E-state index in [2.05, 4.69) is 4.98 Å². The van der Waals surface area contributed by atoms with Gasteiger partial charge in [0.05, 0.1) is 0 Å². The maximum atomic E-state index is 11.9. The number of aliphatic hydroxyl groups is 1. The first-order chi connectivity index (χ1) is 9.41. The molecule has 9 heteroatoms. The van der Waals surface area contributed by atoms with Crippen molar-refractivity contribution in [2.24, 2.45) is 0 Å². The molecule has 3 rings (SSSR count). The second kappa shape index (κ2) is 4.95. The van der Waals surface area contributed by atoms with Crippen molar-refractivity contribution in [3.05, 3.63) is 22.7 Å². The molecule has 3 N–H and O–H groups in total. The fourth-order valence-electron chi connectivity index (χ4n) is 2.65. The van der Waals surface area contributed by atoms with Crippen LogP contribution in [0.4, 0.5) is 5.82 Å². The van der Waals surface area contributed by atoms with Crippen molar-refractivity contribution in [1.82, 2.24) is 9.55 Å². The summed E-state index contributed by atoms with van der Waals surface area (Å²) < 4.78 is 19.0. The van der Waals surface area contributed by atoms with Gasteiger partial charge in [-0.15, -0.1) is 0 Å². The Balaban J connectivity index is 1.96. The zero-order valence-corrected chi connectivity index (χ0v) is 14.1. The molecule has 8 nitrogen and oxygen atoms in total. The Bertz CT molecular complexity index is 577. The zero-order chi connectivity index (χ0) is 14.5. The van der Waals surface area contributed by atoms with Gasteiger partial charge in [0.2, 0.25) is 0 Å². The Hall–Kier alpha value is -0.681. The van der Waals surface area contributed by atoms with Crippen LogP contribution in [-0.4, -0.2) is 58.8 Å². The minimum atomic E-state index is -3.00. The molecular formula is C11H17N3O5Sn. The summed E-state index contributed by atoms with van der Waals surface area (Å²) in [5.74, 6) is 0.155. The predicted octanol–water partition coefficient (Wildman–Crippen LogP) is -0.799. The van der Waals surface area contributed by atoms with Gasteiger partial charge in [0.15, 0.2) is 0 Å². The van der Waals surface area contributed by atoms with Crippen molar-refractivity contribution in [1.29, 1.82) is 0 Å². The van der Waals surface area contributed by atoms with Crippen molar-refractivity contribution in [2.45, 2.75) is 34.4 Å². The molecule has 0 spiro atoms. The number of aliphatic hydroxyl groups excluding tert-OH is 1. The first kappa shape index (κ1) is 14.3. The third-order valence-electron chi connectivity index (χ3n) is 3.43. The summed E-state index contributed by atoms with van der Waals surface area (Å²) in [6, 6.07) is 1.52. The van der Waals surface area contributed by atoms with Gasteiger partial charge in [-0.3, -0.25) is 0 Å². The first-order valence-corrected chi connectivity index (χ1v) is 14.4. The molecule has 0 radical (unpaired) electrons. The van der Waals surface area contributed by atoms with Gasteiger partial charge in [0, 0.05) is 0 Å². The van der Waals surface area contributed by atoms with Crippen LogP contribution in [0, 0.1) is 0 Å². The molecular weight excluding hydrogens is 373 g/mol. The molecule has 110 valence electrons. The summed E-state index contributed by atoms with van der Waals surface area (Å²) in [6.07, 6.45) is -0.332. The third kappa shape index (κ3) is 2.35. The molecule has 2 aliphatic heterocycles. The molecule has 0 aliphatic carbocycles. The minimum absolute atomic E-state index is 0.155. The second-order valence-corrected chi connectivity index (χ2v) is 14.7. The van der Waals surface area contributed by atoms with Crippen molar-refractivity contribution >= 4 is 25.0 Å². The van der Waals surface area contributed by atoms with Crippen molar-refractivity contribution in [3.63, 3.8) is 0 Å². The molecule has 0 saturated carbocycles. The summed E-state index contributed by atoms with van der Waals surface area (Å²) in [6.45, 7) is -0.180. The van der Waals surface area contributed by atoms with E-state index in [9.17, 15) is 9.90 Å². The van der Waals surface area contributed by atoms with Crippen LogP contribution >= 0.6 is 0 Å². The fraction of sp³-hybridized carbons (Fsp3) is 0.636. The van der Waals surface area contributed by atoms with E-state index in [1.807, 2.05) is 9.88 Å². The standard InChI is InChI=1S/C9H11N3O5.2CH3.Sn/c10-5-1-2-12(9(16)11-5)8-7(15)6(14)4(3-13)17-8;;;/h1-2,4,6-8,13H,3H2,(H2,10,11,16);2*1H3;/q-2;;;+2/t4-,6+,7-,8-;;;/m0.../s1. The molecule has 0 amide bonds. The third-order valence-corrected chi connectivity index (χ3v) is 8.22. The number of ether oxygens (including phenoxy) is 1. The van der Waals surface area contributed by atoms with Crippen LogP contribution in [0.2, 0.25) is 9.88 Å². The Morgan fingerprint density at radius 1 is 1.45 bits per heavy atom. The Morgan fingerprint density at radius 2 is 2.15 bits per heavy atom. The SMILES string of the molecule is [CH3][Sn]1([CH3])[O][C@H]2[C@H]([O]1)[C@@H](n1ccc(N)nc1=O)O[C@H]2CO. The van der Waals surface area contributed by atoms with Gasteiger partial charge in [-0.2, -0.15) is 0 Å². The number of hydrogen-bond acceptors (Lipinski definition) is 7. The number of nitrogens with two attached hydrogens (primary N) is 1. The van der Waals surface area contributed by atoms with E-state index in [0.29, 0.717) is 0 Å². The van der Waals surface area contributed by atoms with Crippen LogP contribution in [0.15, 0.2) is 17.1 Å². The van der Waals surface area contributed by atoms with E-state index < -0.39 is 37.2 Å². The summed E-state index contributed by atoms with van der Waals surface area (Å²) in [5.41, 5.74) is 4.97. The maximum absolute atomic E-state index is 11.9. The Labute approximate surface area is 120 Å². The van der Waals surface area contributed by atoms with Crippen molar-refractivity contribution in [2.75, 3.05) is 12.3 Å². The molecule has 20 heavy (non-hydrogen) atoms. The van der Waals surface area contributed by atoms with Gasteiger partial charge < -0.3 is 0 Å². The number of nitrogen functional groups attached to an aromatic ring is 1. The van der Waals surface area contributed by atoms with Crippen molar-refractivity contribution < 1.29 is 16.0 Å². The van der Waals surface area contributed by atoms with E-state index in [1.165, 1.54) is 16.8 Å². The molecule has 0 bridgehead atoms. The number of rotatable bonds is 2. The van der Waals surface area contributed by atoms with Gasteiger partial charge in [-0.25, -0.2) is 0 Å². The van der Waals surface area contributed by atoms with Crippen LogP contribution in [0.1, 0.15) is 6.23 Å². The average Bonchev–Trinajstić information content (AvgIpc) is 2.83. The number of hydrogen-bond donors (Lipinski definition) is 2. The topological polar surface area (TPSA) is 109 Å². The first-order valence-electron chi connectivity index (χ1n) is 6.38. The normalized spacial score (nSPS) is 35.1. The summed E-state index contributed by atoms with van der Waals surface area (Å²) in [4.78, 5) is 19.6. The van der Waals surface area contributed by atoms with E-state index in [4.69, 9.17) is 16.6 Å². The van der Waals surface area contributed by atoms with Crippen LogP contribution in [-0.2, 0) is 10.9 Å². The number of nitrogens with zero attached hydrogens (tertiary/aromatic N) is 2. The second-order valence-electron chi connectivity index (χ2n) is 5.35. The number of aromatic nitrogens is 2. The number of fused-ring (bicyclic) bond motifs is 1. The molecule has 2 fully saturated rings. The molecule has 0 unspecified atom stereocenters. The Morgan fingerprint density at radius 3 is 2.80 bits per heavy atom. The molecule has 1 aromatic rings. The quantitative estimate of drug-likeness (QED) is 0.637. The van der Waals surface area contributed by atoms with Crippen LogP contribution < -0.4 is 11.4 Å². The fourth-order valence-corrected chi connectivity index (χ4v) is 8.08. The summed E-state index contributed by atoms with van der Waals surface area (Å²) in [5, 5.41) is 9.40. The monoisotopic (exact) mass is 391 g/mol. The van der Waals surface area contributed by atoms with Crippen LogP contribution in [0.25, 0.3) is 0 Å². The van der Waals surface area contributed by atoms with E-state index in [0.717, 1.165) is 0 Å². The molecule has 1 aromatic heterocycles. The Kier molecular flexibility index (Phi) is 3.53. The van der Waals surface area contributed by atoms with E-state index in [1.54, 1.807) is 0 Å². The van der Waals surface area contributed by atoms with Gasteiger partial charge >= 0.3 is 120 Å². The van der Waals surface area contributed by atoms with Crippen LogP contribution in [0.5, 0.6) is 0 Å². The predicted molar refractivity (Wildman–Crippen MR) is 71.1 cm³/mol. The van der Waals surface area contributed by atoms with Crippen molar-refractivity contribution in [3.8, 4) is 0 Å². The molecule has 0 aromatic carbocycles. The average molecular weight is 390 g/mol. The molecule has 3 heterocycles. The number of anilines is 1. The molecule has 4 atom stereocenters. The van der Waals surface area contributed by atoms with Crippen LogP contribution in [0.3, 0.4) is 0 Å². The summed E-state index contributed by atoms with van der Waals surface area (Å²) in [7, 11) is 0. The van der Waals surface area contributed by atoms with E-state index in [-0.39, 0.29) is 24.6 Å². The van der Waals surface area contributed by atoms with Gasteiger partial charge in [-0.1, -0.05) is 0 Å². The van der Waals surface area contributed by atoms with E-state index >= 15 is 0 Å². The molecule has 2 saturated heterocycles. The van der Waals surface area contributed by atoms with Gasteiger partial charge in [0.1, 0.15) is 0 Å². The van der Waals surface area contributed by atoms with Gasteiger partial charge in [-0.05, 0) is 0 Å². The van der Waals surface area contributed by atoms with Gasteiger partial charge in [0.25, 0.3) is 0 Å². The summed E-state index contributed by atoms with van der Waals surface area (Å²) >= 11 is -3.00. The zero-order valence-electron chi connectivity index (χ0n) is 11.2.